The predicted molar refractivity (Wildman–Crippen MR) is 69.0 cm³/mol. The molecule has 0 unspecified atom stereocenters. The van der Waals surface area contributed by atoms with Gasteiger partial charge in [0.05, 0.1) is 15.1 Å². The smallest absolute Gasteiger partial charge is 0.163 e. The Labute approximate surface area is 101 Å². The minimum absolute atomic E-state index is 0.0671. The van der Waals surface area contributed by atoms with Gasteiger partial charge in [-0.1, -0.05) is 23.7 Å². The van der Waals surface area contributed by atoms with Crippen LogP contribution in [0.1, 0.15) is 0 Å². The van der Waals surface area contributed by atoms with Crippen LogP contribution < -0.4 is 11.2 Å². The van der Waals surface area contributed by atoms with E-state index in [1.165, 1.54) is 12.1 Å². The molecule has 0 saturated carbocycles. The number of hydrogen-bond donors (Lipinski definition) is 1. The summed E-state index contributed by atoms with van der Waals surface area (Å²) >= 11 is 1.03. The first kappa shape index (κ1) is 10.5. The summed E-state index contributed by atoms with van der Waals surface area (Å²) in [5.74, 6) is -0.997. The molecule has 0 aliphatic heterocycles. The average Bonchev–Trinajstić information content (AvgIpc) is 2.69. The van der Waals surface area contributed by atoms with Crippen LogP contribution in [0.25, 0.3) is 20.2 Å². The van der Waals surface area contributed by atoms with Gasteiger partial charge in [-0.15, -0.1) is 11.3 Å². The van der Waals surface area contributed by atoms with Gasteiger partial charge in [-0.05, 0) is 6.07 Å². The van der Waals surface area contributed by atoms with Crippen molar-refractivity contribution in [2.45, 2.75) is 0 Å². The van der Waals surface area contributed by atoms with Gasteiger partial charge in [-0.25, -0.2) is 8.78 Å². The lowest BCUT2D eigenvalue weighted by Crippen LogP contribution is -2.06. The van der Waals surface area contributed by atoms with Crippen LogP contribution in [-0.4, -0.2) is 7.85 Å². The van der Waals surface area contributed by atoms with Gasteiger partial charge in [0, 0.05) is 10.8 Å². The summed E-state index contributed by atoms with van der Waals surface area (Å²) in [6, 6.07) is 6.36. The van der Waals surface area contributed by atoms with Crippen LogP contribution in [0.2, 0.25) is 0 Å². The molecule has 17 heavy (non-hydrogen) atoms. The van der Waals surface area contributed by atoms with Gasteiger partial charge in [-0.3, -0.25) is 0 Å². The monoisotopic (exact) mass is 245 g/mol. The zero-order valence-electron chi connectivity index (χ0n) is 8.63. The van der Waals surface area contributed by atoms with E-state index in [-0.39, 0.29) is 11.2 Å². The molecule has 2 radical (unpaired) electrons. The Morgan fingerprint density at radius 1 is 0.941 bits per heavy atom. The molecule has 3 aromatic rings. The number of nitrogen functional groups attached to an aromatic ring is 1. The fraction of sp³-hybridized carbons (Fsp3) is 0. The molecular formula is C12H6BF2NS. The lowest BCUT2D eigenvalue weighted by Gasteiger charge is -1.98. The summed E-state index contributed by atoms with van der Waals surface area (Å²) in [6.07, 6.45) is 0. The molecule has 1 nitrogen and oxygen atoms in total. The third-order valence-electron chi connectivity index (χ3n) is 2.75. The quantitative estimate of drug-likeness (QED) is 0.478. The number of benzene rings is 2. The van der Waals surface area contributed by atoms with E-state index in [9.17, 15) is 8.78 Å². The summed E-state index contributed by atoms with van der Waals surface area (Å²) in [4.78, 5) is 0. The molecule has 0 bridgehead atoms. The molecule has 5 heteroatoms. The fourth-order valence-electron chi connectivity index (χ4n) is 1.87. The van der Waals surface area contributed by atoms with E-state index in [1.807, 2.05) is 0 Å². The van der Waals surface area contributed by atoms with Crippen LogP contribution in [0.15, 0.2) is 24.3 Å². The Morgan fingerprint density at radius 2 is 1.53 bits per heavy atom. The average molecular weight is 245 g/mol. The van der Waals surface area contributed by atoms with Gasteiger partial charge in [0.25, 0.3) is 0 Å². The molecular weight excluding hydrogens is 239 g/mol. The molecule has 2 N–H and O–H groups in total. The van der Waals surface area contributed by atoms with Crippen molar-refractivity contribution in [2.24, 2.45) is 0 Å². The maximum atomic E-state index is 13.8. The van der Waals surface area contributed by atoms with Crippen molar-refractivity contribution in [3.05, 3.63) is 35.9 Å². The van der Waals surface area contributed by atoms with Crippen LogP contribution in [0, 0.1) is 11.6 Å². The summed E-state index contributed by atoms with van der Waals surface area (Å²) in [6.45, 7) is 0. The first-order valence-electron chi connectivity index (χ1n) is 4.93. The summed E-state index contributed by atoms with van der Waals surface area (Å²) in [5, 5.41) is 1.33. The molecule has 0 saturated heterocycles. The SMILES string of the molecule is [B]c1ccc2c(sc3c(F)c(N)ccc32)c1F. The second-order valence-electron chi connectivity index (χ2n) is 3.79. The van der Waals surface area contributed by atoms with Gasteiger partial charge in [0.1, 0.15) is 13.7 Å². The van der Waals surface area contributed by atoms with Gasteiger partial charge in [0.15, 0.2) is 5.82 Å². The molecule has 0 spiro atoms. The zero-order chi connectivity index (χ0) is 12.2. The molecule has 82 valence electrons. The number of nitrogens with two attached hydrogens (primary N) is 1. The minimum Gasteiger partial charge on any atom is -0.396 e. The molecule has 1 aromatic heterocycles. The lowest BCUT2D eigenvalue weighted by atomic mass is 9.94. The maximum absolute atomic E-state index is 13.8. The van der Waals surface area contributed by atoms with E-state index in [0.717, 1.165) is 11.3 Å². The Bertz CT molecular complexity index is 689. The standard InChI is InChI=1S/C12H6BF2NS/c13-7-3-1-5-6-2-4-8(16)10(15)12(6)17-11(5)9(7)14/h1-4H,16H2. The number of hydrogen-bond acceptors (Lipinski definition) is 2. The number of thiophene rings is 1. The molecule has 2 aromatic carbocycles. The van der Waals surface area contributed by atoms with Crippen molar-refractivity contribution in [2.75, 3.05) is 5.73 Å². The third kappa shape index (κ3) is 1.35. The van der Waals surface area contributed by atoms with E-state index in [1.54, 1.807) is 12.1 Å². The van der Waals surface area contributed by atoms with Crippen molar-refractivity contribution >= 4 is 50.5 Å². The van der Waals surface area contributed by atoms with Crippen molar-refractivity contribution in [3.8, 4) is 0 Å². The number of anilines is 1. The van der Waals surface area contributed by atoms with Gasteiger partial charge >= 0.3 is 0 Å². The first-order chi connectivity index (χ1) is 8.09. The molecule has 0 amide bonds. The van der Waals surface area contributed by atoms with E-state index in [0.29, 0.717) is 20.2 Å². The van der Waals surface area contributed by atoms with Crippen LogP contribution in [0.3, 0.4) is 0 Å². The van der Waals surface area contributed by atoms with Crippen LogP contribution in [0.5, 0.6) is 0 Å². The van der Waals surface area contributed by atoms with Crippen molar-refractivity contribution < 1.29 is 8.78 Å². The summed E-state index contributed by atoms with van der Waals surface area (Å²) < 4.78 is 28.3. The van der Waals surface area contributed by atoms with E-state index in [2.05, 4.69) is 0 Å². The highest BCUT2D eigenvalue weighted by Crippen LogP contribution is 2.37. The van der Waals surface area contributed by atoms with Crippen molar-refractivity contribution in [3.63, 3.8) is 0 Å². The second kappa shape index (κ2) is 3.44. The predicted octanol–water partition coefficient (Wildman–Crippen LogP) is 2.71. The van der Waals surface area contributed by atoms with E-state index < -0.39 is 11.6 Å². The molecule has 0 atom stereocenters. The number of halogens is 2. The Balaban J connectivity index is 2.58. The zero-order valence-corrected chi connectivity index (χ0v) is 9.44. The largest absolute Gasteiger partial charge is 0.396 e. The maximum Gasteiger partial charge on any atom is 0.163 e. The molecule has 1 heterocycles. The Kier molecular flexibility index (Phi) is 2.13. The highest BCUT2D eigenvalue weighted by molar-refractivity contribution is 7.26. The highest BCUT2D eigenvalue weighted by Gasteiger charge is 2.14. The molecule has 0 fully saturated rings. The molecule has 0 aliphatic carbocycles. The van der Waals surface area contributed by atoms with Crippen molar-refractivity contribution in [1.29, 1.82) is 0 Å². The second-order valence-corrected chi connectivity index (χ2v) is 4.81. The topological polar surface area (TPSA) is 26.0 Å². The number of rotatable bonds is 0. The van der Waals surface area contributed by atoms with Gasteiger partial charge in [-0.2, -0.15) is 0 Å². The molecule has 3 rings (SSSR count). The van der Waals surface area contributed by atoms with E-state index >= 15 is 0 Å². The first-order valence-corrected chi connectivity index (χ1v) is 5.75. The fourth-order valence-corrected chi connectivity index (χ4v) is 3.06. The molecule has 0 aliphatic rings. The van der Waals surface area contributed by atoms with E-state index in [4.69, 9.17) is 13.6 Å². The lowest BCUT2D eigenvalue weighted by molar-refractivity contribution is 0.646. The Hall–Kier alpha value is -1.62. The highest BCUT2D eigenvalue weighted by atomic mass is 32.1. The van der Waals surface area contributed by atoms with Crippen LogP contribution >= 0.6 is 11.3 Å². The van der Waals surface area contributed by atoms with Gasteiger partial charge < -0.3 is 5.73 Å². The summed E-state index contributed by atoms with van der Waals surface area (Å²) in [7, 11) is 5.49. The Morgan fingerprint density at radius 3 is 2.24 bits per heavy atom. The third-order valence-corrected chi connectivity index (χ3v) is 3.95. The van der Waals surface area contributed by atoms with Crippen LogP contribution in [-0.2, 0) is 0 Å². The van der Waals surface area contributed by atoms with Crippen molar-refractivity contribution in [1.82, 2.24) is 0 Å². The summed E-state index contributed by atoms with van der Waals surface area (Å²) in [5.41, 5.74) is 5.62. The minimum atomic E-state index is -0.498. The normalized spacial score (nSPS) is 11.4. The number of fused-ring (bicyclic) bond motifs is 3. The van der Waals surface area contributed by atoms with Gasteiger partial charge in [0.2, 0.25) is 0 Å². The van der Waals surface area contributed by atoms with Crippen LogP contribution in [0.4, 0.5) is 14.5 Å².